The molecule has 3 rings (SSSR count). The van der Waals surface area contributed by atoms with E-state index in [0.717, 1.165) is 5.52 Å². The van der Waals surface area contributed by atoms with Gasteiger partial charge in [-0.15, -0.1) is 0 Å². The number of hydrogen-bond donors (Lipinski definition) is 2. The molecule has 0 saturated carbocycles. The molecule has 0 aliphatic carbocycles. The van der Waals surface area contributed by atoms with Gasteiger partial charge in [0.15, 0.2) is 0 Å². The molecule has 2 atom stereocenters. The fraction of sp³-hybridized carbons (Fsp3) is 0.385. The van der Waals surface area contributed by atoms with Gasteiger partial charge in [-0.05, 0) is 12.1 Å². The Morgan fingerprint density at radius 2 is 2.37 bits per heavy atom. The number of fused-ring (bicyclic) bond motifs is 1. The van der Waals surface area contributed by atoms with Crippen molar-refractivity contribution in [3.63, 3.8) is 0 Å². The highest BCUT2D eigenvalue weighted by atomic mass is 16.3. The largest absolute Gasteiger partial charge is 0.390 e. The monoisotopic (exact) mass is 260 g/mol. The minimum atomic E-state index is -0.518. The number of hydrogen-bond acceptors (Lipinski definition) is 4. The summed E-state index contributed by atoms with van der Waals surface area (Å²) in [7, 11) is 1.72. The predicted octanol–water partition coefficient (Wildman–Crippen LogP) is -0.261. The molecule has 0 aromatic carbocycles. The summed E-state index contributed by atoms with van der Waals surface area (Å²) < 4.78 is 1.67. The Bertz CT molecular complexity index is 609. The van der Waals surface area contributed by atoms with Crippen LogP contribution in [-0.2, 0) is 0 Å². The first-order valence-corrected chi connectivity index (χ1v) is 6.27. The molecule has 1 aliphatic heterocycles. The first-order valence-electron chi connectivity index (χ1n) is 6.27. The second-order valence-corrected chi connectivity index (χ2v) is 4.80. The lowest BCUT2D eigenvalue weighted by atomic mass is 10.1. The van der Waals surface area contributed by atoms with Gasteiger partial charge in [0.2, 0.25) is 0 Å². The third kappa shape index (κ3) is 1.98. The van der Waals surface area contributed by atoms with Gasteiger partial charge in [-0.25, -0.2) is 4.52 Å². The number of aromatic nitrogens is 2. The van der Waals surface area contributed by atoms with Gasteiger partial charge in [0.05, 0.1) is 29.4 Å². The summed E-state index contributed by atoms with van der Waals surface area (Å²) in [5.41, 5.74) is 1.34. The molecule has 1 amide bonds. The summed E-state index contributed by atoms with van der Waals surface area (Å²) in [5, 5.41) is 17.1. The summed E-state index contributed by atoms with van der Waals surface area (Å²) >= 11 is 0. The van der Waals surface area contributed by atoms with Crippen LogP contribution in [0.1, 0.15) is 10.4 Å². The number of nitrogens with zero attached hydrogens (tertiary/aromatic N) is 3. The summed E-state index contributed by atoms with van der Waals surface area (Å²) in [5.74, 6) is -0.117. The minimum Gasteiger partial charge on any atom is -0.390 e. The fourth-order valence-corrected chi connectivity index (χ4v) is 2.49. The number of aliphatic hydroxyl groups is 1. The lowest BCUT2D eigenvalue weighted by Crippen LogP contribution is -2.44. The number of amides is 1. The van der Waals surface area contributed by atoms with Crippen LogP contribution in [0.5, 0.6) is 0 Å². The lowest BCUT2D eigenvalue weighted by molar-refractivity contribution is 0.0583. The highest BCUT2D eigenvalue weighted by Gasteiger charge is 2.32. The molecule has 6 nitrogen and oxygen atoms in total. The van der Waals surface area contributed by atoms with Crippen molar-refractivity contribution in [1.29, 1.82) is 0 Å². The first kappa shape index (κ1) is 12.1. The van der Waals surface area contributed by atoms with E-state index in [0.29, 0.717) is 18.7 Å². The first-order chi connectivity index (χ1) is 9.18. The standard InChI is InChI=1S/C13H16N4O2/c1-16(11-7-14-8-12(11)18)13(19)9-6-15-17-5-3-2-4-10(9)17/h2-6,11-12,14,18H,7-8H2,1H3/t11-,12-/m1/s1. The number of nitrogens with one attached hydrogen (secondary N) is 1. The van der Waals surface area contributed by atoms with Crippen molar-refractivity contribution in [1.82, 2.24) is 19.8 Å². The van der Waals surface area contributed by atoms with Crippen molar-refractivity contribution in [2.45, 2.75) is 12.1 Å². The zero-order valence-corrected chi connectivity index (χ0v) is 10.7. The number of carbonyl (C=O) groups excluding carboxylic acids is 1. The summed E-state index contributed by atoms with van der Waals surface area (Å²) in [6.07, 6.45) is 2.86. The van der Waals surface area contributed by atoms with Crippen LogP contribution in [0, 0.1) is 0 Å². The second-order valence-electron chi connectivity index (χ2n) is 4.80. The van der Waals surface area contributed by atoms with Crippen LogP contribution in [0.4, 0.5) is 0 Å². The van der Waals surface area contributed by atoms with E-state index < -0.39 is 6.10 Å². The number of likely N-dealkylation sites (N-methyl/N-ethyl adjacent to an activating group) is 1. The topological polar surface area (TPSA) is 69.9 Å². The van der Waals surface area contributed by atoms with Gasteiger partial charge in [-0.2, -0.15) is 5.10 Å². The molecule has 2 aromatic rings. The average Bonchev–Trinajstić information content (AvgIpc) is 3.03. The van der Waals surface area contributed by atoms with Gasteiger partial charge < -0.3 is 15.3 Å². The highest BCUT2D eigenvalue weighted by molar-refractivity contribution is 6.00. The van der Waals surface area contributed by atoms with Crippen molar-refractivity contribution in [2.75, 3.05) is 20.1 Å². The van der Waals surface area contributed by atoms with E-state index in [2.05, 4.69) is 10.4 Å². The highest BCUT2D eigenvalue weighted by Crippen LogP contribution is 2.16. The minimum absolute atomic E-state index is 0.117. The average molecular weight is 260 g/mol. The maximum Gasteiger partial charge on any atom is 0.257 e. The molecule has 1 saturated heterocycles. The van der Waals surface area contributed by atoms with Crippen molar-refractivity contribution in [3.05, 3.63) is 36.2 Å². The van der Waals surface area contributed by atoms with Gasteiger partial charge in [-0.1, -0.05) is 6.07 Å². The van der Waals surface area contributed by atoms with Gasteiger partial charge in [-0.3, -0.25) is 4.79 Å². The molecule has 0 bridgehead atoms. The molecule has 2 aromatic heterocycles. The molecule has 3 heterocycles. The molecule has 1 aliphatic rings. The smallest absolute Gasteiger partial charge is 0.257 e. The number of carbonyl (C=O) groups is 1. The maximum atomic E-state index is 12.5. The maximum absolute atomic E-state index is 12.5. The Kier molecular flexibility index (Phi) is 2.96. The zero-order valence-electron chi connectivity index (χ0n) is 10.7. The Balaban J connectivity index is 1.91. The van der Waals surface area contributed by atoms with Crippen LogP contribution < -0.4 is 5.32 Å². The van der Waals surface area contributed by atoms with Crippen LogP contribution >= 0.6 is 0 Å². The summed E-state index contributed by atoms with van der Waals surface area (Å²) in [6, 6.07) is 5.41. The van der Waals surface area contributed by atoms with E-state index in [1.165, 1.54) is 0 Å². The quantitative estimate of drug-likeness (QED) is 0.780. The van der Waals surface area contributed by atoms with Gasteiger partial charge in [0.25, 0.3) is 5.91 Å². The molecule has 2 N–H and O–H groups in total. The molecule has 19 heavy (non-hydrogen) atoms. The van der Waals surface area contributed by atoms with Crippen molar-refractivity contribution in [2.24, 2.45) is 0 Å². The molecule has 0 spiro atoms. The van der Waals surface area contributed by atoms with E-state index in [9.17, 15) is 9.90 Å². The van der Waals surface area contributed by atoms with Crippen LogP contribution in [0.2, 0.25) is 0 Å². The number of rotatable bonds is 2. The van der Waals surface area contributed by atoms with Crippen LogP contribution in [0.15, 0.2) is 30.6 Å². The van der Waals surface area contributed by atoms with E-state index in [1.54, 1.807) is 28.9 Å². The molecule has 0 unspecified atom stereocenters. The molecule has 100 valence electrons. The third-order valence-electron chi connectivity index (χ3n) is 3.63. The van der Waals surface area contributed by atoms with Crippen molar-refractivity contribution < 1.29 is 9.90 Å². The molecule has 1 fully saturated rings. The third-order valence-corrected chi connectivity index (χ3v) is 3.63. The zero-order chi connectivity index (χ0) is 13.4. The lowest BCUT2D eigenvalue weighted by Gasteiger charge is -2.26. The fourth-order valence-electron chi connectivity index (χ4n) is 2.49. The molecular weight excluding hydrogens is 244 g/mol. The predicted molar refractivity (Wildman–Crippen MR) is 70.0 cm³/mol. The normalized spacial score (nSPS) is 22.8. The number of pyridine rings is 1. The van der Waals surface area contributed by atoms with Crippen molar-refractivity contribution in [3.8, 4) is 0 Å². The SMILES string of the molecule is CN(C(=O)c1cnn2ccccc12)[C@@H]1CNC[C@H]1O. The second kappa shape index (κ2) is 4.64. The Morgan fingerprint density at radius 3 is 3.11 bits per heavy atom. The summed E-state index contributed by atoms with van der Waals surface area (Å²) in [4.78, 5) is 14.1. The van der Waals surface area contributed by atoms with E-state index in [-0.39, 0.29) is 11.9 Å². The number of aliphatic hydroxyl groups excluding tert-OH is 1. The van der Waals surface area contributed by atoms with Crippen LogP contribution in [0.25, 0.3) is 5.52 Å². The molecule has 6 heteroatoms. The van der Waals surface area contributed by atoms with Gasteiger partial charge in [0, 0.05) is 26.3 Å². The van der Waals surface area contributed by atoms with Gasteiger partial charge >= 0.3 is 0 Å². The Hall–Kier alpha value is -1.92. The van der Waals surface area contributed by atoms with Crippen LogP contribution in [0.3, 0.4) is 0 Å². The number of β-amino-alcohol motifs (C(OH)–C–C–N with tert-alkyl or cyclic N) is 1. The van der Waals surface area contributed by atoms with Crippen LogP contribution in [-0.4, -0.2) is 57.8 Å². The Labute approximate surface area is 110 Å². The molecule has 0 radical (unpaired) electrons. The van der Waals surface area contributed by atoms with E-state index >= 15 is 0 Å². The summed E-state index contributed by atoms with van der Waals surface area (Å²) in [6.45, 7) is 1.14. The molecular formula is C13H16N4O2. The van der Waals surface area contributed by atoms with Crippen molar-refractivity contribution >= 4 is 11.4 Å². The Morgan fingerprint density at radius 1 is 1.53 bits per heavy atom. The van der Waals surface area contributed by atoms with E-state index in [1.807, 2.05) is 18.2 Å². The van der Waals surface area contributed by atoms with Gasteiger partial charge in [0.1, 0.15) is 0 Å². The van der Waals surface area contributed by atoms with E-state index in [4.69, 9.17) is 0 Å².